The van der Waals surface area contributed by atoms with Gasteiger partial charge in [-0.15, -0.1) is 10.2 Å². The molecule has 7 heteroatoms. The van der Waals surface area contributed by atoms with Gasteiger partial charge in [-0.05, 0) is 21.0 Å². The third kappa shape index (κ3) is 3.82. The summed E-state index contributed by atoms with van der Waals surface area (Å²) in [4.78, 5) is 12.5. The maximum Gasteiger partial charge on any atom is 0.313 e. The maximum atomic E-state index is 10.4. The SMILES string of the molecule is CC(Cn1cnnc1SCC(=O)O)N(C)C. The van der Waals surface area contributed by atoms with Crippen LogP contribution in [0.1, 0.15) is 6.92 Å². The molecule has 1 unspecified atom stereocenters. The minimum Gasteiger partial charge on any atom is -0.481 e. The Bertz CT molecular complexity index is 353. The molecule has 1 rings (SSSR count). The van der Waals surface area contributed by atoms with Crippen LogP contribution in [-0.4, -0.2) is 56.6 Å². The number of aromatic nitrogens is 3. The van der Waals surface area contributed by atoms with E-state index in [4.69, 9.17) is 5.11 Å². The minimum atomic E-state index is -0.847. The van der Waals surface area contributed by atoms with E-state index >= 15 is 0 Å². The molecular formula is C9H16N4O2S. The first-order valence-corrected chi connectivity index (χ1v) is 5.88. The van der Waals surface area contributed by atoms with Crippen LogP contribution in [0.3, 0.4) is 0 Å². The van der Waals surface area contributed by atoms with Crippen molar-refractivity contribution in [2.45, 2.75) is 24.7 Å². The van der Waals surface area contributed by atoms with Crippen molar-refractivity contribution in [3.05, 3.63) is 6.33 Å². The van der Waals surface area contributed by atoms with Crippen LogP contribution in [0.5, 0.6) is 0 Å². The van der Waals surface area contributed by atoms with E-state index in [-0.39, 0.29) is 5.75 Å². The summed E-state index contributed by atoms with van der Waals surface area (Å²) in [5, 5.41) is 16.9. The second kappa shape index (κ2) is 5.86. The molecule has 1 N–H and O–H groups in total. The zero-order chi connectivity index (χ0) is 12.1. The Hall–Kier alpha value is -1.08. The van der Waals surface area contributed by atoms with Crippen LogP contribution < -0.4 is 0 Å². The number of carbonyl (C=O) groups is 1. The predicted octanol–water partition coefficient (Wildman–Crippen LogP) is 0.405. The van der Waals surface area contributed by atoms with Gasteiger partial charge in [0.25, 0.3) is 0 Å². The molecule has 1 heterocycles. The summed E-state index contributed by atoms with van der Waals surface area (Å²) < 4.78 is 1.87. The summed E-state index contributed by atoms with van der Waals surface area (Å²) in [6.07, 6.45) is 1.63. The van der Waals surface area contributed by atoms with E-state index in [1.165, 1.54) is 11.8 Å². The molecule has 0 spiro atoms. The number of hydrogen-bond donors (Lipinski definition) is 1. The topological polar surface area (TPSA) is 71.2 Å². The monoisotopic (exact) mass is 244 g/mol. The smallest absolute Gasteiger partial charge is 0.313 e. The Kier molecular flexibility index (Phi) is 4.75. The van der Waals surface area contributed by atoms with E-state index in [9.17, 15) is 4.79 Å². The predicted molar refractivity (Wildman–Crippen MR) is 61.5 cm³/mol. The minimum absolute atomic E-state index is 0.00897. The number of rotatable bonds is 6. The lowest BCUT2D eigenvalue weighted by molar-refractivity contribution is -0.133. The van der Waals surface area contributed by atoms with Crippen molar-refractivity contribution >= 4 is 17.7 Å². The lowest BCUT2D eigenvalue weighted by Crippen LogP contribution is -2.29. The molecule has 6 nitrogen and oxygen atoms in total. The average molecular weight is 244 g/mol. The summed E-state index contributed by atoms with van der Waals surface area (Å²) in [6, 6.07) is 0.347. The number of carboxylic acids is 1. The van der Waals surface area contributed by atoms with Gasteiger partial charge in [-0.25, -0.2) is 0 Å². The van der Waals surface area contributed by atoms with Crippen molar-refractivity contribution in [3.63, 3.8) is 0 Å². The van der Waals surface area contributed by atoms with Crippen LogP contribution in [0.25, 0.3) is 0 Å². The van der Waals surface area contributed by atoms with Gasteiger partial charge in [0.05, 0.1) is 5.75 Å². The largest absolute Gasteiger partial charge is 0.481 e. The summed E-state index contributed by atoms with van der Waals surface area (Å²) in [7, 11) is 4.00. The Morgan fingerprint density at radius 3 is 2.94 bits per heavy atom. The molecule has 0 aliphatic carbocycles. The van der Waals surface area contributed by atoms with Gasteiger partial charge in [0.2, 0.25) is 0 Å². The first-order valence-electron chi connectivity index (χ1n) is 4.89. The number of hydrogen-bond acceptors (Lipinski definition) is 5. The van der Waals surface area contributed by atoms with Gasteiger partial charge < -0.3 is 14.6 Å². The second-order valence-electron chi connectivity index (χ2n) is 3.76. The molecule has 90 valence electrons. The van der Waals surface area contributed by atoms with Crippen LogP contribution in [-0.2, 0) is 11.3 Å². The van der Waals surface area contributed by atoms with Crippen molar-refractivity contribution < 1.29 is 9.90 Å². The van der Waals surface area contributed by atoms with Gasteiger partial charge in [-0.1, -0.05) is 11.8 Å². The van der Waals surface area contributed by atoms with E-state index in [0.29, 0.717) is 11.2 Å². The fraction of sp³-hybridized carbons (Fsp3) is 0.667. The van der Waals surface area contributed by atoms with Crippen molar-refractivity contribution in [2.75, 3.05) is 19.8 Å². The van der Waals surface area contributed by atoms with Crippen LogP contribution in [0.4, 0.5) is 0 Å². The normalized spacial score (nSPS) is 13.0. The van der Waals surface area contributed by atoms with Crippen LogP contribution in [0.2, 0.25) is 0 Å². The van der Waals surface area contributed by atoms with Crippen molar-refractivity contribution in [2.24, 2.45) is 0 Å². The van der Waals surface area contributed by atoms with E-state index in [2.05, 4.69) is 22.0 Å². The van der Waals surface area contributed by atoms with Gasteiger partial charge in [0.1, 0.15) is 6.33 Å². The molecule has 1 atom stereocenters. The molecule has 16 heavy (non-hydrogen) atoms. The Labute approximate surface area is 98.7 Å². The van der Waals surface area contributed by atoms with E-state index in [1.807, 2.05) is 18.7 Å². The van der Waals surface area contributed by atoms with Gasteiger partial charge in [-0.3, -0.25) is 4.79 Å². The second-order valence-corrected chi connectivity index (χ2v) is 4.70. The molecule has 0 saturated carbocycles. The maximum absolute atomic E-state index is 10.4. The van der Waals surface area contributed by atoms with Crippen molar-refractivity contribution in [3.8, 4) is 0 Å². The molecule has 1 aromatic rings. The Balaban J connectivity index is 2.59. The first-order chi connectivity index (χ1) is 7.50. The molecule has 0 amide bonds. The molecule has 0 aliphatic heterocycles. The van der Waals surface area contributed by atoms with Gasteiger partial charge in [-0.2, -0.15) is 0 Å². The van der Waals surface area contributed by atoms with E-state index in [0.717, 1.165) is 6.54 Å². The molecule has 0 saturated heterocycles. The van der Waals surface area contributed by atoms with E-state index in [1.54, 1.807) is 6.33 Å². The first kappa shape index (κ1) is 13.0. The summed E-state index contributed by atoms with van der Waals surface area (Å²) in [6.45, 7) is 2.84. The van der Waals surface area contributed by atoms with Crippen LogP contribution in [0.15, 0.2) is 11.5 Å². The molecule has 0 bridgehead atoms. The lowest BCUT2D eigenvalue weighted by atomic mass is 10.3. The third-order valence-corrected chi connectivity index (χ3v) is 3.21. The number of aliphatic carboxylic acids is 1. The lowest BCUT2D eigenvalue weighted by Gasteiger charge is -2.20. The highest BCUT2D eigenvalue weighted by Crippen LogP contribution is 2.15. The Morgan fingerprint density at radius 2 is 2.38 bits per heavy atom. The van der Waals surface area contributed by atoms with Gasteiger partial charge in [0, 0.05) is 12.6 Å². The summed E-state index contributed by atoms with van der Waals surface area (Å²) in [5.74, 6) is -0.838. The number of nitrogens with zero attached hydrogens (tertiary/aromatic N) is 4. The summed E-state index contributed by atoms with van der Waals surface area (Å²) >= 11 is 1.19. The third-order valence-electron chi connectivity index (χ3n) is 2.25. The fourth-order valence-corrected chi connectivity index (χ4v) is 1.70. The highest BCUT2D eigenvalue weighted by atomic mass is 32.2. The zero-order valence-electron chi connectivity index (χ0n) is 9.62. The van der Waals surface area contributed by atoms with E-state index < -0.39 is 5.97 Å². The van der Waals surface area contributed by atoms with Crippen molar-refractivity contribution in [1.29, 1.82) is 0 Å². The van der Waals surface area contributed by atoms with Crippen molar-refractivity contribution in [1.82, 2.24) is 19.7 Å². The Morgan fingerprint density at radius 1 is 1.69 bits per heavy atom. The summed E-state index contributed by atoms with van der Waals surface area (Å²) in [5.41, 5.74) is 0. The van der Waals surface area contributed by atoms with Gasteiger partial charge >= 0.3 is 5.97 Å². The highest BCUT2D eigenvalue weighted by molar-refractivity contribution is 7.99. The molecule has 1 aromatic heterocycles. The standard InChI is InChI=1S/C9H16N4O2S/c1-7(12(2)3)4-13-6-10-11-9(13)16-5-8(14)15/h6-7H,4-5H2,1-3H3,(H,14,15). The van der Waals surface area contributed by atoms with Gasteiger partial charge in [0.15, 0.2) is 5.16 Å². The molecule has 0 aromatic carbocycles. The average Bonchev–Trinajstić information content (AvgIpc) is 2.62. The number of likely N-dealkylation sites (N-methyl/N-ethyl adjacent to an activating group) is 1. The number of carboxylic acid groups (broad SMARTS) is 1. The molecule has 0 fully saturated rings. The molecule has 0 aliphatic rings. The zero-order valence-corrected chi connectivity index (χ0v) is 10.4. The quantitative estimate of drug-likeness (QED) is 0.731. The fourth-order valence-electron chi connectivity index (χ4n) is 1.06. The number of thioether (sulfide) groups is 1. The molecule has 0 radical (unpaired) electrons. The molecular weight excluding hydrogens is 228 g/mol. The highest BCUT2D eigenvalue weighted by Gasteiger charge is 2.11. The van der Waals surface area contributed by atoms with Crippen LogP contribution >= 0.6 is 11.8 Å². The van der Waals surface area contributed by atoms with Crippen LogP contribution in [0, 0.1) is 0 Å².